The van der Waals surface area contributed by atoms with Crippen LogP contribution in [0.2, 0.25) is 0 Å². The second-order valence-electron chi connectivity index (χ2n) is 4.18. The number of hydrogen-bond acceptors (Lipinski definition) is 4. The predicted molar refractivity (Wildman–Crippen MR) is 74.1 cm³/mol. The molecule has 108 valence electrons. The molecule has 0 fully saturated rings. The van der Waals surface area contributed by atoms with Crippen LogP contribution >= 0.6 is 0 Å². The van der Waals surface area contributed by atoms with Crippen LogP contribution in [0.5, 0.6) is 0 Å². The van der Waals surface area contributed by atoms with Gasteiger partial charge in [-0.3, -0.25) is 0 Å². The van der Waals surface area contributed by atoms with E-state index >= 15 is 0 Å². The molecule has 0 saturated carbocycles. The number of ether oxygens (including phenoxy) is 1. The fraction of sp³-hybridized carbons (Fsp3) is 0.538. The van der Waals surface area contributed by atoms with E-state index in [2.05, 4.69) is 4.72 Å². The van der Waals surface area contributed by atoms with Crippen LogP contribution in [0.3, 0.4) is 0 Å². The third kappa shape index (κ3) is 6.68. The van der Waals surface area contributed by atoms with Crippen molar-refractivity contribution in [3.8, 4) is 0 Å². The zero-order valence-corrected chi connectivity index (χ0v) is 11.9. The molecule has 0 aromatic heterocycles. The lowest BCUT2D eigenvalue weighted by molar-refractivity contribution is 0.146. The molecule has 0 unspecified atom stereocenters. The van der Waals surface area contributed by atoms with Crippen molar-refractivity contribution in [3.05, 3.63) is 35.4 Å². The second-order valence-corrected chi connectivity index (χ2v) is 5.99. The Kier molecular flexibility index (Phi) is 7.01. The standard InChI is InChI=1S/C13H21NO4S/c1-2-18-9-3-8-14-19(16,17)11-13-6-4-12(10-15)5-7-13/h4-7,14-15H,2-3,8-11H2,1H3. The van der Waals surface area contributed by atoms with Gasteiger partial charge >= 0.3 is 0 Å². The van der Waals surface area contributed by atoms with Crippen LogP contribution in [-0.2, 0) is 27.1 Å². The van der Waals surface area contributed by atoms with Crippen molar-refractivity contribution >= 4 is 10.0 Å². The first-order chi connectivity index (χ1) is 9.07. The molecule has 0 aliphatic carbocycles. The third-order valence-electron chi connectivity index (χ3n) is 2.55. The number of hydrogen-bond donors (Lipinski definition) is 2. The molecule has 0 atom stereocenters. The van der Waals surface area contributed by atoms with Crippen molar-refractivity contribution in [1.82, 2.24) is 4.72 Å². The van der Waals surface area contributed by atoms with Crippen LogP contribution in [0, 0.1) is 0 Å². The van der Waals surface area contributed by atoms with Crippen LogP contribution in [0.4, 0.5) is 0 Å². The normalized spacial score (nSPS) is 11.7. The van der Waals surface area contributed by atoms with Crippen molar-refractivity contribution in [3.63, 3.8) is 0 Å². The minimum Gasteiger partial charge on any atom is -0.392 e. The Hall–Kier alpha value is -0.950. The Labute approximate surface area is 114 Å². The maximum atomic E-state index is 11.8. The smallest absolute Gasteiger partial charge is 0.215 e. The average molecular weight is 287 g/mol. The molecule has 1 aromatic carbocycles. The molecule has 1 rings (SSSR count). The number of aliphatic hydroxyl groups excluding tert-OH is 1. The Morgan fingerprint density at radius 3 is 2.42 bits per heavy atom. The maximum Gasteiger partial charge on any atom is 0.215 e. The van der Waals surface area contributed by atoms with Crippen LogP contribution in [0.15, 0.2) is 24.3 Å². The van der Waals surface area contributed by atoms with Gasteiger partial charge in [-0.25, -0.2) is 13.1 Å². The van der Waals surface area contributed by atoms with Crippen LogP contribution in [0.1, 0.15) is 24.5 Å². The first-order valence-electron chi connectivity index (χ1n) is 6.31. The highest BCUT2D eigenvalue weighted by Gasteiger charge is 2.10. The van der Waals surface area contributed by atoms with Gasteiger partial charge in [0.2, 0.25) is 10.0 Å². The Balaban J connectivity index is 2.40. The highest BCUT2D eigenvalue weighted by molar-refractivity contribution is 7.88. The molecular weight excluding hydrogens is 266 g/mol. The molecule has 0 saturated heterocycles. The SMILES string of the molecule is CCOCCCNS(=O)(=O)Cc1ccc(CO)cc1. The largest absolute Gasteiger partial charge is 0.392 e. The summed E-state index contributed by atoms with van der Waals surface area (Å²) < 4.78 is 31.2. The van der Waals surface area contributed by atoms with Gasteiger partial charge in [0.05, 0.1) is 12.4 Å². The molecule has 0 heterocycles. The molecule has 1 aromatic rings. The summed E-state index contributed by atoms with van der Waals surface area (Å²) in [6.07, 6.45) is 0.663. The third-order valence-corrected chi connectivity index (χ3v) is 3.91. The number of rotatable bonds is 9. The van der Waals surface area contributed by atoms with E-state index in [1.54, 1.807) is 24.3 Å². The molecule has 19 heavy (non-hydrogen) atoms. The van der Waals surface area contributed by atoms with E-state index in [-0.39, 0.29) is 12.4 Å². The summed E-state index contributed by atoms with van der Waals surface area (Å²) in [6, 6.07) is 6.87. The fourth-order valence-electron chi connectivity index (χ4n) is 1.56. The Morgan fingerprint density at radius 2 is 1.84 bits per heavy atom. The minimum absolute atomic E-state index is 0.0390. The lowest BCUT2D eigenvalue weighted by atomic mass is 10.2. The van der Waals surface area contributed by atoms with Crippen molar-refractivity contribution < 1.29 is 18.3 Å². The fourth-order valence-corrected chi connectivity index (χ4v) is 2.75. The number of nitrogens with one attached hydrogen (secondary N) is 1. The van der Waals surface area contributed by atoms with Crippen molar-refractivity contribution in [1.29, 1.82) is 0 Å². The lowest BCUT2D eigenvalue weighted by Gasteiger charge is -2.07. The number of aliphatic hydroxyl groups is 1. The molecule has 0 radical (unpaired) electrons. The van der Waals surface area contributed by atoms with Gasteiger partial charge in [0.15, 0.2) is 0 Å². The van der Waals surface area contributed by atoms with E-state index in [1.165, 1.54) is 0 Å². The molecule has 2 N–H and O–H groups in total. The predicted octanol–water partition coefficient (Wildman–Crippen LogP) is 1.02. The van der Waals surface area contributed by atoms with Gasteiger partial charge < -0.3 is 9.84 Å². The minimum atomic E-state index is -3.31. The Morgan fingerprint density at radius 1 is 1.21 bits per heavy atom. The summed E-state index contributed by atoms with van der Waals surface area (Å²) >= 11 is 0. The molecule has 0 spiro atoms. The van der Waals surface area contributed by atoms with Crippen LogP contribution < -0.4 is 4.72 Å². The van der Waals surface area contributed by atoms with Crippen LogP contribution in [0.25, 0.3) is 0 Å². The summed E-state index contributed by atoms with van der Waals surface area (Å²) in [5, 5.41) is 8.91. The molecular formula is C13H21NO4S. The highest BCUT2D eigenvalue weighted by Crippen LogP contribution is 2.07. The number of sulfonamides is 1. The van der Waals surface area contributed by atoms with Gasteiger partial charge in [-0.1, -0.05) is 24.3 Å². The quantitative estimate of drug-likeness (QED) is 0.665. The first-order valence-corrected chi connectivity index (χ1v) is 7.96. The summed E-state index contributed by atoms with van der Waals surface area (Å²) in [5.41, 5.74) is 1.47. The van der Waals surface area contributed by atoms with Gasteiger partial charge in [-0.05, 0) is 24.5 Å². The van der Waals surface area contributed by atoms with E-state index in [0.29, 0.717) is 31.7 Å². The summed E-state index contributed by atoms with van der Waals surface area (Å²) in [4.78, 5) is 0. The van der Waals surface area contributed by atoms with Crippen molar-refractivity contribution in [2.75, 3.05) is 19.8 Å². The molecule has 0 bridgehead atoms. The zero-order valence-electron chi connectivity index (χ0n) is 11.1. The van der Waals surface area contributed by atoms with E-state index in [1.807, 2.05) is 6.92 Å². The molecule has 0 amide bonds. The van der Waals surface area contributed by atoms with Crippen LogP contribution in [-0.4, -0.2) is 33.3 Å². The maximum absolute atomic E-state index is 11.8. The summed E-state index contributed by atoms with van der Waals surface area (Å²) in [5.74, 6) is -0.0483. The monoisotopic (exact) mass is 287 g/mol. The van der Waals surface area contributed by atoms with E-state index in [4.69, 9.17) is 9.84 Å². The van der Waals surface area contributed by atoms with E-state index in [0.717, 1.165) is 5.56 Å². The number of benzene rings is 1. The first kappa shape index (κ1) is 16.1. The second kappa shape index (κ2) is 8.27. The van der Waals surface area contributed by atoms with Gasteiger partial charge in [0.25, 0.3) is 0 Å². The summed E-state index contributed by atoms with van der Waals surface area (Å²) in [6.45, 7) is 3.45. The highest BCUT2D eigenvalue weighted by atomic mass is 32.2. The summed E-state index contributed by atoms with van der Waals surface area (Å²) in [7, 11) is -3.31. The molecule has 0 aliphatic rings. The average Bonchev–Trinajstić information content (AvgIpc) is 2.39. The van der Waals surface area contributed by atoms with E-state index < -0.39 is 10.0 Å². The zero-order chi connectivity index (χ0) is 14.1. The molecule has 0 aliphatic heterocycles. The lowest BCUT2D eigenvalue weighted by Crippen LogP contribution is -2.26. The Bertz CT molecular complexity index is 456. The molecule has 5 nitrogen and oxygen atoms in total. The van der Waals surface area contributed by atoms with Gasteiger partial charge in [0, 0.05) is 19.8 Å². The van der Waals surface area contributed by atoms with Gasteiger partial charge in [-0.15, -0.1) is 0 Å². The van der Waals surface area contributed by atoms with Crippen molar-refractivity contribution in [2.45, 2.75) is 25.7 Å². The molecule has 6 heteroatoms. The van der Waals surface area contributed by atoms with Gasteiger partial charge in [0.1, 0.15) is 0 Å². The topological polar surface area (TPSA) is 75.6 Å². The van der Waals surface area contributed by atoms with E-state index in [9.17, 15) is 8.42 Å². The van der Waals surface area contributed by atoms with Crippen molar-refractivity contribution in [2.24, 2.45) is 0 Å². The van der Waals surface area contributed by atoms with Gasteiger partial charge in [-0.2, -0.15) is 0 Å².